The Morgan fingerprint density at radius 1 is 1.41 bits per heavy atom. The third-order valence-electron chi connectivity index (χ3n) is 5.29. The minimum Gasteiger partial charge on any atom is -0.487 e. The van der Waals surface area contributed by atoms with Gasteiger partial charge in [-0.15, -0.1) is 0 Å². The summed E-state index contributed by atoms with van der Waals surface area (Å²) in [5.74, 6) is 0.936. The molecule has 2 aromatic rings. The molecule has 0 fully saturated rings. The maximum absolute atomic E-state index is 12.6. The molecule has 0 bridgehead atoms. The highest BCUT2D eigenvalue weighted by atomic mass is 16.5. The number of benzene rings is 1. The Balaban J connectivity index is 1.42. The molecule has 0 saturated carbocycles. The van der Waals surface area contributed by atoms with Crippen molar-refractivity contribution in [3.05, 3.63) is 46.8 Å². The van der Waals surface area contributed by atoms with Crippen molar-refractivity contribution in [1.29, 1.82) is 0 Å². The molecule has 1 atom stereocenters. The van der Waals surface area contributed by atoms with E-state index in [1.807, 2.05) is 10.7 Å². The number of rotatable bonds is 4. The largest absolute Gasteiger partial charge is 0.487 e. The van der Waals surface area contributed by atoms with Gasteiger partial charge in [0.1, 0.15) is 11.4 Å². The molecule has 0 aliphatic carbocycles. The van der Waals surface area contributed by atoms with E-state index < -0.39 is 0 Å². The first-order valence-electron chi connectivity index (χ1n) is 9.75. The van der Waals surface area contributed by atoms with Crippen molar-refractivity contribution in [2.24, 2.45) is 0 Å². The van der Waals surface area contributed by atoms with Crippen LogP contribution in [0.4, 0.5) is 0 Å². The van der Waals surface area contributed by atoms with E-state index in [9.17, 15) is 4.79 Å². The van der Waals surface area contributed by atoms with Crippen LogP contribution < -0.4 is 15.4 Å². The average Bonchev–Trinajstić information content (AvgIpc) is 3.03. The van der Waals surface area contributed by atoms with Crippen LogP contribution in [-0.2, 0) is 24.3 Å². The topological polar surface area (TPSA) is 68.2 Å². The summed E-state index contributed by atoms with van der Waals surface area (Å²) in [5, 5.41) is 11.2. The minimum absolute atomic E-state index is 0.0180. The molecular formula is C21H28N4O2. The van der Waals surface area contributed by atoms with Crippen molar-refractivity contribution in [3.63, 3.8) is 0 Å². The van der Waals surface area contributed by atoms with Gasteiger partial charge < -0.3 is 15.4 Å². The van der Waals surface area contributed by atoms with Gasteiger partial charge >= 0.3 is 0 Å². The van der Waals surface area contributed by atoms with Crippen molar-refractivity contribution in [3.8, 4) is 5.75 Å². The smallest absolute Gasteiger partial charge is 0.220 e. The number of nitrogens with zero attached hydrogens (tertiary/aromatic N) is 2. The van der Waals surface area contributed by atoms with E-state index in [-0.39, 0.29) is 17.6 Å². The normalized spacial score (nSPS) is 20.3. The molecule has 1 aromatic carbocycles. The van der Waals surface area contributed by atoms with Crippen molar-refractivity contribution in [1.82, 2.24) is 20.4 Å². The molecule has 1 aromatic heterocycles. The van der Waals surface area contributed by atoms with E-state index in [4.69, 9.17) is 4.74 Å². The standard InChI is InChI=1S/C21H28N4O2/c1-14-4-6-19-17(10-14)18(12-21(2,3)27-19)23-20(26)7-5-15-11-16-13-22-8-9-25(16)24-15/h4,6,10-11,18,22H,5,7-9,12-13H2,1-3H3,(H,23,26)/t18-/m1/s1. The lowest BCUT2D eigenvalue weighted by Gasteiger charge is -2.38. The number of carbonyl (C=O) groups is 1. The molecule has 0 radical (unpaired) electrons. The van der Waals surface area contributed by atoms with Crippen LogP contribution in [0.1, 0.15) is 55.2 Å². The number of amides is 1. The molecule has 4 rings (SSSR count). The summed E-state index contributed by atoms with van der Waals surface area (Å²) in [5.41, 5.74) is 4.15. The Labute approximate surface area is 160 Å². The molecule has 0 unspecified atom stereocenters. The lowest BCUT2D eigenvalue weighted by molar-refractivity contribution is -0.122. The van der Waals surface area contributed by atoms with Crippen molar-refractivity contribution in [2.45, 2.75) is 64.8 Å². The molecule has 0 spiro atoms. The second kappa shape index (κ2) is 7.00. The third-order valence-corrected chi connectivity index (χ3v) is 5.29. The highest BCUT2D eigenvalue weighted by Gasteiger charge is 2.34. The summed E-state index contributed by atoms with van der Waals surface area (Å²) in [4.78, 5) is 12.6. The van der Waals surface area contributed by atoms with Gasteiger partial charge in [0, 0.05) is 37.9 Å². The minimum atomic E-state index is -0.296. The second-order valence-electron chi connectivity index (χ2n) is 8.25. The van der Waals surface area contributed by atoms with Gasteiger partial charge in [-0.25, -0.2) is 0 Å². The molecule has 0 saturated heterocycles. The van der Waals surface area contributed by atoms with Crippen LogP contribution in [0.2, 0.25) is 0 Å². The lowest BCUT2D eigenvalue weighted by Crippen LogP contribution is -2.41. The lowest BCUT2D eigenvalue weighted by atomic mass is 9.89. The summed E-state index contributed by atoms with van der Waals surface area (Å²) in [6.07, 6.45) is 1.88. The molecule has 144 valence electrons. The quantitative estimate of drug-likeness (QED) is 0.871. The predicted octanol–water partition coefficient (Wildman–Crippen LogP) is 2.65. The summed E-state index contributed by atoms with van der Waals surface area (Å²) in [6.45, 7) is 8.90. The van der Waals surface area contributed by atoms with Crippen LogP contribution >= 0.6 is 0 Å². The number of aromatic nitrogens is 2. The zero-order chi connectivity index (χ0) is 19.0. The van der Waals surface area contributed by atoms with Crippen LogP contribution in [0.3, 0.4) is 0 Å². The number of aryl methyl sites for hydroxylation is 2. The molecule has 1 amide bonds. The van der Waals surface area contributed by atoms with Crippen LogP contribution in [0.5, 0.6) is 5.75 Å². The summed E-state index contributed by atoms with van der Waals surface area (Å²) >= 11 is 0. The van der Waals surface area contributed by atoms with Crippen molar-refractivity contribution in [2.75, 3.05) is 6.54 Å². The van der Waals surface area contributed by atoms with Gasteiger partial charge in [0.15, 0.2) is 0 Å². The van der Waals surface area contributed by atoms with E-state index in [1.54, 1.807) is 0 Å². The maximum atomic E-state index is 12.6. The Morgan fingerprint density at radius 3 is 3.07 bits per heavy atom. The van der Waals surface area contributed by atoms with Crippen LogP contribution in [0, 0.1) is 6.92 Å². The van der Waals surface area contributed by atoms with Crippen molar-refractivity contribution >= 4 is 5.91 Å². The van der Waals surface area contributed by atoms with Gasteiger partial charge in [0.25, 0.3) is 0 Å². The van der Waals surface area contributed by atoms with E-state index in [2.05, 4.69) is 54.7 Å². The van der Waals surface area contributed by atoms with E-state index in [0.717, 1.165) is 43.1 Å². The number of hydrogen-bond donors (Lipinski definition) is 2. The second-order valence-corrected chi connectivity index (χ2v) is 8.25. The zero-order valence-electron chi connectivity index (χ0n) is 16.3. The molecule has 27 heavy (non-hydrogen) atoms. The number of nitrogens with one attached hydrogen (secondary N) is 2. The van der Waals surface area contributed by atoms with Gasteiger partial charge in [0.05, 0.1) is 24.0 Å². The van der Waals surface area contributed by atoms with Gasteiger partial charge in [-0.3, -0.25) is 9.48 Å². The monoisotopic (exact) mass is 368 g/mol. The number of hydrogen-bond acceptors (Lipinski definition) is 4. The number of ether oxygens (including phenoxy) is 1. The Hall–Kier alpha value is -2.34. The highest BCUT2D eigenvalue weighted by molar-refractivity contribution is 5.77. The summed E-state index contributed by atoms with van der Waals surface area (Å²) in [6, 6.07) is 8.26. The Bertz CT molecular complexity index is 832. The zero-order valence-corrected chi connectivity index (χ0v) is 16.3. The van der Waals surface area contributed by atoms with E-state index in [0.29, 0.717) is 12.8 Å². The molecule has 6 nitrogen and oxygen atoms in total. The molecule has 3 heterocycles. The Kier molecular flexibility index (Phi) is 4.68. The average molecular weight is 368 g/mol. The van der Waals surface area contributed by atoms with Crippen molar-refractivity contribution < 1.29 is 9.53 Å². The first kappa shape index (κ1) is 18.0. The molecule has 2 aliphatic rings. The first-order valence-corrected chi connectivity index (χ1v) is 9.75. The fraction of sp³-hybridized carbons (Fsp3) is 0.524. The highest BCUT2D eigenvalue weighted by Crippen LogP contribution is 2.39. The SMILES string of the molecule is Cc1ccc2c(c1)[C@H](NC(=O)CCc1cc3n(n1)CCNC3)CC(C)(C)O2. The molecule has 2 N–H and O–H groups in total. The number of fused-ring (bicyclic) bond motifs is 2. The molecule has 2 aliphatic heterocycles. The molecule has 6 heteroatoms. The van der Waals surface area contributed by atoms with E-state index in [1.165, 1.54) is 11.3 Å². The van der Waals surface area contributed by atoms with Crippen LogP contribution in [0.15, 0.2) is 24.3 Å². The molecular weight excluding hydrogens is 340 g/mol. The fourth-order valence-electron chi connectivity index (χ4n) is 3.99. The van der Waals surface area contributed by atoms with E-state index >= 15 is 0 Å². The predicted molar refractivity (Wildman–Crippen MR) is 104 cm³/mol. The maximum Gasteiger partial charge on any atom is 0.220 e. The summed E-state index contributed by atoms with van der Waals surface area (Å²) < 4.78 is 8.14. The summed E-state index contributed by atoms with van der Waals surface area (Å²) in [7, 11) is 0. The number of carbonyl (C=O) groups excluding carboxylic acids is 1. The van der Waals surface area contributed by atoms with Gasteiger partial charge in [-0.2, -0.15) is 5.10 Å². The van der Waals surface area contributed by atoms with Crippen LogP contribution in [-0.4, -0.2) is 27.8 Å². The Morgan fingerprint density at radius 2 is 2.26 bits per heavy atom. The van der Waals surface area contributed by atoms with Crippen LogP contribution in [0.25, 0.3) is 0 Å². The first-order chi connectivity index (χ1) is 12.9. The van der Waals surface area contributed by atoms with Gasteiger partial charge in [-0.1, -0.05) is 17.7 Å². The third kappa shape index (κ3) is 4.00. The van der Waals surface area contributed by atoms with Gasteiger partial charge in [-0.05, 0) is 32.9 Å². The fourth-order valence-corrected chi connectivity index (χ4v) is 3.99. The van der Waals surface area contributed by atoms with Gasteiger partial charge in [0.2, 0.25) is 5.91 Å².